The van der Waals surface area contributed by atoms with Crippen LogP contribution in [-0.2, 0) is 9.47 Å². The maximum atomic E-state index is 5.15. The first-order chi connectivity index (χ1) is 7.83. The Labute approximate surface area is 104 Å². The van der Waals surface area contributed by atoms with Gasteiger partial charge in [0, 0.05) is 29.6 Å². The summed E-state index contributed by atoms with van der Waals surface area (Å²) in [5.41, 5.74) is 0. The lowest BCUT2D eigenvalue weighted by Gasteiger charge is -2.12. The lowest BCUT2D eigenvalue weighted by Crippen LogP contribution is -2.15. The van der Waals surface area contributed by atoms with E-state index in [1.165, 1.54) is 15.0 Å². The molecule has 0 saturated carbocycles. The SMILES string of the molecule is COC(CSc1ccc2sccc2c1)OC. The van der Waals surface area contributed by atoms with Crippen LogP contribution in [0, 0.1) is 0 Å². The smallest absolute Gasteiger partial charge is 0.166 e. The Morgan fingerprint density at radius 1 is 1.25 bits per heavy atom. The Bertz CT molecular complexity index is 449. The highest BCUT2D eigenvalue weighted by Gasteiger charge is 2.06. The predicted molar refractivity (Wildman–Crippen MR) is 70.4 cm³/mol. The van der Waals surface area contributed by atoms with Gasteiger partial charge in [-0.1, -0.05) is 0 Å². The highest BCUT2D eigenvalue weighted by atomic mass is 32.2. The van der Waals surface area contributed by atoms with Crippen molar-refractivity contribution in [3.05, 3.63) is 29.6 Å². The fourth-order valence-electron chi connectivity index (χ4n) is 1.43. The van der Waals surface area contributed by atoms with Crippen LogP contribution in [0.3, 0.4) is 0 Å². The third-order valence-corrected chi connectivity index (χ3v) is 4.26. The molecule has 2 aromatic rings. The minimum absolute atomic E-state index is 0.136. The van der Waals surface area contributed by atoms with Crippen LogP contribution >= 0.6 is 23.1 Å². The summed E-state index contributed by atoms with van der Waals surface area (Å²) < 4.78 is 11.6. The summed E-state index contributed by atoms with van der Waals surface area (Å²) in [6.45, 7) is 0. The van der Waals surface area contributed by atoms with Crippen LogP contribution in [0.25, 0.3) is 10.1 Å². The molecule has 86 valence electrons. The quantitative estimate of drug-likeness (QED) is 0.600. The number of benzene rings is 1. The number of ether oxygens (including phenoxy) is 2. The third-order valence-electron chi connectivity index (χ3n) is 2.34. The van der Waals surface area contributed by atoms with Crippen LogP contribution in [0.4, 0.5) is 0 Å². The normalized spacial score (nSPS) is 11.4. The second-order valence-corrected chi connectivity index (χ2v) is 5.37. The van der Waals surface area contributed by atoms with Crippen LogP contribution in [-0.4, -0.2) is 26.3 Å². The molecule has 0 amide bonds. The second-order valence-electron chi connectivity index (χ2n) is 3.33. The lowest BCUT2D eigenvalue weighted by molar-refractivity contribution is -0.0842. The van der Waals surface area contributed by atoms with E-state index in [1.807, 2.05) is 0 Å². The fraction of sp³-hybridized carbons (Fsp3) is 0.333. The molecule has 0 unspecified atom stereocenters. The van der Waals surface area contributed by atoms with E-state index in [9.17, 15) is 0 Å². The largest absolute Gasteiger partial charge is 0.355 e. The average molecular weight is 254 g/mol. The first-order valence-electron chi connectivity index (χ1n) is 4.99. The molecular weight excluding hydrogens is 240 g/mol. The fourth-order valence-corrected chi connectivity index (χ4v) is 3.18. The van der Waals surface area contributed by atoms with Gasteiger partial charge in [-0.25, -0.2) is 0 Å². The Morgan fingerprint density at radius 2 is 2.06 bits per heavy atom. The van der Waals surface area contributed by atoms with E-state index in [1.54, 1.807) is 37.3 Å². The van der Waals surface area contributed by atoms with Crippen molar-refractivity contribution in [3.8, 4) is 0 Å². The summed E-state index contributed by atoms with van der Waals surface area (Å²) in [4.78, 5) is 1.25. The first kappa shape index (κ1) is 11.9. The van der Waals surface area contributed by atoms with Gasteiger partial charge in [0.25, 0.3) is 0 Å². The van der Waals surface area contributed by atoms with Crippen molar-refractivity contribution in [2.45, 2.75) is 11.2 Å². The van der Waals surface area contributed by atoms with Gasteiger partial charge in [0.2, 0.25) is 0 Å². The van der Waals surface area contributed by atoms with Crippen molar-refractivity contribution in [2.75, 3.05) is 20.0 Å². The number of hydrogen-bond donors (Lipinski definition) is 0. The van der Waals surface area contributed by atoms with Crippen LogP contribution in [0.15, 0.2) is 34.5 Å². The highest BCUT2D eigenvalue weighted by Crippen LogP contribution is 2.27. The zero-order valence-corrected chi connectivity index (χ0v) is 10.9. The lowest BCUT2D eigenvalue weighted by atomic mass is 10.3. The van der Waals surface area contributed by atoms with Gasteiger partial charge in [0.05, 0.1) is 0 Å². The van der Waals surface area contributed by atoms with Crippen molar-refractivity contribution < 1.29 is 9.47 Å². The summed E-state index contributed by atoms with van der Waals surface area (Å²) >= 11 is 3.52. The minimum atomic E-state index is -0.136. The van der Waals surface area contributed by atoms with Gasteiger partial charge in [-0.3, -0.25) is 0 Å². The number of methoxy groups -OCH3 is 2. The van der Waals surface area contributed by atoms with Crippen molar-refractivity contribution in [2.24, 2.45) is 0 Å². The molecule has 0 aliphatic rings. The molecule has 0 aliphatic carbocycles. The molecule has 2 nitrogen and oxygen atoms in total. The number of thiophene rings is 1. The average Bonchev–Trinajstić information content (AvgIpc) is 2.77. The van der Waals surface area contributed by atoms with E-state index >= 15 is 0 Å². The van der Waals surface area contributed by atoms with E-state index in [-0.39, 0.29) is 6.29 Å². The van der Waals surface area contributed by atoms with E-state index in [4.69, 9.17) is 9.47 Å². The minimum Gasteiger partial charge on any atom is -0.355 e. The Kier molecular flexibility index (Phi) is 4.23. The van der Waals surface area contributed by atoms with Crippen molar-refractivity contribution in [3.63, 3.8) is 0 Å². The van der Waals surface area contributed by atoms with Gasteiger partial charge in [-0.05, 0) is 35.0 Å². The van der Waals surface area contributed by atoms with Crippen molar-refractivity contribution >= 4 is 33.2 Å². The molecule has 0 aliphatic heterocycles. The van der Waals surface area contributed by atoms with E-state index in [0.717, 1.165) is 5.75 Å². The predicted octanol–water partition coefficient (Wildman–Crippen LogP) is 3.61. The second kappa shape index (κ2) is 5.68. The zero-order valence-electron chi connectivity index (χ0n) is 9.30. The monoisotopic (exact) mass is 254 g/mol. The standard InChI is InChI=1S/C12H14O2S2/c1-13-12(14-2)8-16-10-3-4-11-9(7-10)5-6-15-11/h3-7,12H,8H2,1-2H3. The number of thioether (sulfide) groups is 1. The molecule has 1 aromatic carbocycles. The molecule has 0 saturated heterocycles. The van der Waals surface area contributed by atoms with Gasteiger partial charge >= 0.3 is 0 Å². The van der Waals surface area contributed by atoms with Gasteiger partial charge in [-0.15, -0.1) is 23.1 Å². The molecule has 1 heterocycles. The number of fused-ring (bicyclic) bond motifs is 1. The van der Waals surface area contributed by atoms with Crippen LogP contribution in [0.2, 0.25) is 0 Å². The molecule has 0 bridgehead atoms. The van der Waals surface area contributed by atoms with Gasteiger partial charge in [-0.2, -0.15) is 0 Å². The molecule has 0 radical (unpaired) electrons. The zero-order chi connectivity index (χ0) is 11.4. The summed E-state index contributed by atoms with van der Waals surface area (Å²) in [5, 5.41) is 3.42. The number of rotatable bonds is 5. The summed E-state index contributed by atoms with van der Waals surface area (Å²) in [6, 6.07) is 8.66. The Hall–Kier alpha value is -0.550. The van der Waals surface area contributed by atoms with Gasteiger partial charge < -0.3 is 9.47 Å². The molecule has 16 heavy (non-hydrogen) atoms. The Morgan fingerprint density at radius 3 is 2.81 bits per heavy atom. The maximum Gasteiger partial charge on any atom is 0.166 e. The molecule has 0 atom stereocenters. The van der Waals surface area contributed by atoms with Crippen molar-refractivity contribution in [1.82, 2.24) is 0 Å². The third kappa shape index (κ3) is 2.77. The topological polar surface area (TPSA) is 18.5 Å². The summed E-state index contributed by atoms with van der Waals surface area (Å²) in [7, 11) is 3.33. The van der Waals surface area contributed by atoms with E-state index in [2.05, 4.69) is 29.6 Å². The summed E-state index contributed by atoms with van der Waals surface area (Å²) in [5.74, 6) is 0.808. The van der Waals surface area contributed by atoms with E-state index in [0.29, 0.717) is 0 Å². The highest BCUT2D eigenvalue weighted by molar-refractivity contribution is 7.99. The molecular formula is C12H14O2S2. The first-order valence-corrected chi connectivity index (χ1v) is 6.85. The van der Waals surface area contributed by atoms with Crippen LogP contribution in [0.5, 0.6) is 0 Å². The van der Waals surface area contributed by atoms with Crippen LogP contribution < -0.4 is 0 Å². The molecule has 2 rings (SSSR count). The van der Waals surface area contributed by atoms with E-state index < -0.39 is 0 Å². The molecule has 0 spiro atoms. The maximum absolute atomic E-state index is 5.15. The van der Waals surface area contributed by atoms with Gasteiger partial charge in [0.1, 0.15) is 0 Å². The summed E-state index contributed by atoms with van der Waals surface area (Å²) in [6.07, 6.45) is -0.136. The molecule has 0 N–H and O–H groups in total. The van der Waals surface area contributed by atoms with Crippen LogP contribution in [0.1, 0.15) is 0 Å². The molecule has 0 fully saturated rings. The Balaban J connectivity index is 2.03. The van der Waals surface area contributed by atoms with Crippen molar-refractivity contribution in [1.29, 1.82) is 0 Å². The molecule has 4 heteroatoms. The number of hydrogen-bond acceptors (Lipinski definition) is 4. The molecule has 1 aromatic heterocycles. The van der Waals surface area contributed by atoms with Gasteiger partial charge in [0.15, 0.2) is 6.29 Å².